The molecule has 0 radical (unpaired) electrons. The smallest absolute Gasteiger partial charge is 0.105 e. The van der Waals surface area contributed by atoms with Crippen molar-refractivity contribution in [1.82, 2.24) is 4.90 Å². The van der Waals surface area contributed by atoms with E-state index in [1.165, 1.54) is 5.56 Å². The highest BCUT2D eigenvalue weighted by molar-refractivity contribution is 5.16. The zero-order valence-corrected chi connectivity index (χ0v) is 10.9. The van der Waals surface area contributed by atoms with Crippen LogP contribution in [0.4, 0.5) is 0 Å². The van der Waals surface area contributed by atoms with Gasteiger partial charge in [-0.2, -0.15) is 0 Å². The van der Waals surface area contributed by atoms with Gasteiger partial charge in [0.1, 0.15) is 12.2 Å². The summed E-state index contributed by atoms with van der Waals surface area (Å²) in [6.07, 6.45) is 2.79. The second kappa shape index (κ2) is 6.82. The van der Waals surface area contributed by atoms with Crippen molar-refractivity contribution in [3.8, 4) is 0 Å². The first kappa shape index (κ1) is 14.2. The Bertz CT molecular complexity index is 407. The van der Waals surface area contributed by atoms with Gasteiger partial charge < -0.3 is 15.3 Å². The van der Waals surface area contributed by atoms with E-state index in [-0.39, 0.29) is 6.04 Å². The first-order valence-electron chi connectivity index (χ1n) is 6.64. The van der Waals surface area contributed by atoms with E-state index < -0.39 is 18.8 Å². The fourth-order valence-electron chi connectivity index (χ4n) is 2.41. The molecule has 1 aromatic rings. The van der Waals surface area contributed by atoms with E-state index in [0.29, 0.717) is 0 Å². The van der Waals surface area contributed by atoms with Crippen LogP contribution in [0.1, 0.15) is 12.0 Å². The van der Waals surface area contributed by atoms with Gasteiger partial charge in [-0.25, -0.2) is 0 Å². The molecule has 0 fully saturated rings. The van der Waals surface area contributed by atoms with Crippen LogP contribution in [0.2, 0.25) is 0 Å². The monoisotopic (exact) mass is 263 g/mol. The maximum atomic E-state index is 10.1. The molecule has 0 aliphatic carbocycles. The predicted molar refractivity (Wildman–Crippen MR) is 73.5 cm³/mol. The van der Waals surface area contributed by atoms with Crippen molar-refractivity contribution in [2.24, 2.45) is 0 Å². The molecule has 0 bridgehead atoms. The van der Waals surface area contributed by atoms with Crippen LogP contribution in [-0.2, 0) is 6.54 Å². The number of aliphatic hydroxyl groups excluding tert-OH is 3. The molecule has 1 heterocycles. The Balaban J connectivity index is 2.07. The van der Waals surface area contributed by atoms with E-state index in [1.54, 1.807) is 0 Å². The fourth-order valence-corrected chi connectivity index (χ4v) is 2.41. The molecule has 4 heteroatoms. The van der Waals surface area contributed by atoms with Crippen LogP contribution in [0.3, 0.4) is 0 Å². The van der Waals surface area contributed by atoms with E-state index >= 15 is 0 Å². The van der Waals surface area contributed by atoms with Gasteiger partial charge in [0.25, 0.3) is 0 Å². The van der Waals surface area contributed by atoms with Crippen LogP contribution >= 0.6 is 0 Å². The lowest BCUT2D eigenvalue weighted by atomic mass is 9.99. The molecule has 3 N–H and O–H groups in total. The fraction of sp³-hybridized carbons (Fsp3) is 0.467. The Morgan fingerprint density at radius 2 is 1.95 bits per heavy atom. The van der Waals surface area contributed by atoms with Crippen molar-refractivity contribution in [2.75, 3.05) is 13.2 Å². The molecule has 0 saturated heterocycles. The van der Waals surface area contributed by atoms with Crippen LogP contribution in [-0.4, -0.2) is 51.6 Å². The average Bonchev–Trinajstić information content (AvgIpc) is 2.47. The molecule has 3 atom stereocenters. The number of aliphatic hydroxyl groups is 3. The third kappa shape index (κ3) is 3.64. The molecule has 4 nitrogen and oxygen atoms in total. The highest BCUT2D eigenvalue weighted by Crippen LogP contribution is 2.18. The third-order valence-electron chi connectivity index (χ3n) is 3.50. The van der Waals surface area contributed by atoms with Crippen LogP contribution in [0.25, 0.3) is 0 Å². The van der Waals surface area contributed by atoms with Crippen molar-refractivity contribution < 1.29 is 15.3 Å². The molecular formula is C15H21NO3. The summed E-state index contributed by atoms with van der Waals surface area (Å²) >= 11 is 0. The quantitative estimate of drug-likeness (QED) is 0.678. The number of nitrogens with zero attached hydrogens (tertiary/aromatic N) is 1. The maximum Gasteiger partial charge on any atom is 0.105 e. The highest BCUT2D eigenvalue weighted by atomic mass is 16.4. The molecular weight excluding hydrogens is 242 g/mol. The maximum absolute atomic E-state index is 10.1. The van der Waals surface area contributed by atoms with Gasteiger partial charge in [0, 0.05) is 13.1 Å². The minimum absolute atomic E-state index is 0.254. The highest BCUT2D eigenvalue weighted by Gasteiger charge is 2.30. The standard InChI is InChI=1S/C15H21NO3/c17-11-14(18)15(19)13-8-4-5-9-16(13)10-12-6-2-1-3-7-12/h1-4,6-8,13-15,17-19H,5,9-11H2/t13-,14-,15-/m1/s1. The van der Waals surface area contributed by atoms with Gasteiger partial charge >= 0.3 is 0 Å². The van der Waals surface area contributed by atoms with E-state index in [9.17, 15) is 10.2 Å². The minimum atomic E-state index is -1.11. The zero-order chi connectivity index (χ0) is 13.7. The summed E-state index contributed by atoms with van der Waals surface area (Å²) < 4.78 is 0. The summed E-state index contributed by atoms with van der Waals surface area (Å²) in [4.78, 5) is 2.12. The molecule has 1 aromatic carbocycles. The third-order valence-corrected chi connectivity index (χ3v) is 3.50. The number of hydrogen-bond donors (Lipinski definition) is 3. The molecule has 0 aromatic heterocycles. The lowest BCUT2D eigenvalue weighted by Crippen LogP contribution is -2.49. The zero-order valence-electron chi connectivity index (χ0n) is 10.9. The summed E-state index contributed by atoms with van der Waals surface area (Å²) in [6.45, 7) is 1.14. The molecule has 2 rings (SSSR count). The summed E-state index contributed by atoms with van der Waals surface area (Å²) in [7, 11) is 0. The van der Waals surface area contributed by atoms with Crippen molar-refractivity contribution in [1.29, 1.82) is 0 Å². The molecule has 0 amide bonds. The van der Waals surface area contributed by atoms with E-state index in [2.05, 4.69) is 4.90 Å². The molecule has 1 aliphatic heterocycles. The van der Waals surface area contributed by atoms with E-state index in [0.717, 1.165) is 19.5 Å². The molecule has 0 unspecified atom stereocenters. The topological polar surface area (TPSA) is 63.9 Å². The van der Waals surface area contributed by atoms with Crippen LogP contribution < -0.4 is 0 Å². The van der Waals surface area contributed by atoms with Crippen LogP contribution in [0, 0.1) is 0 Å². The SMILES string of the molecule is OC[C@@H](O)[C@H](O)[C@H]1C=CCCN1Cc1ccccc1. The normalized spacial score (nSPS) is 23.2. The molecule has 104 valence electrons. The largest absolute Gasteiger partial charge is 0.394 e. The minimum Gasteiger partial charge on any atom is -0.394 e. The second-order valence-corrected chi connectivity index (χ2v) is 4.90. The lowest BCUT2D eigenvalue weighted by Gasteiger charge is -2.36. The summed E-state index contributed by atoms with van der Waals surface area (Å²) in [5.41, 5.74) is 1.17. The van der Waals surface area contributed by atoms with Crippen molar-refractivity contribution >= 4 is 0 Å². The molecule has 19 heavy (non-hydrogen) atoms. The van der Waals surface area contributed by atoms with Crippen molar-refractivity contribution in [2.45, 2.75) is 31.2 Å². The Morgan fingerprint density at radius 3 is 2.63 bits per heavy atom. The number of benzene rings is 1. The Morgan fingerprint density at radius 1 is 1.21 bits per heavy atom. The van der Waals surface area contributed by atoms with Gasteiger partial charge in [0.2, 0.25) is 0 Å². The van der Waals surface area contributed by atoms with Crippen molar-refractivity contribution in [3.63, 3.8) is 0 Å². The average molecular weight is 263 g/mol. The van der Waals surface area contributed by atoms with Crippen LogP contribution in [0.5, 0.6) is 0 Å². The second-order valence-electron chi connectivity index (χ2n) is 4.90. The molecule has 0 spiro atoms. The first-order valence-corrected chi connectivity index (χ1v) is 6.64. The molecule has 1 aliphatic rings. The predicted octanol–water partition coefficient (Wildman–Crippen LogP) is 0.531. The van der Waals surface area contributed by atoms with E-state index in [4.69, 9.17) is 5.11 Å². The number of hydrogen-bond acceptors (Lipinski definition) is 4. The summed E-state index contributed by atoms with van der Waals surface area (Å²) in [5.74, 6) is 0. The Kier molecular flexibility index (Phi) is 5.10. The Labute approximate surface area is 113 Å². The van der Waals surface area contributed by atoms with Gasteiger partial charge in [0.15, 0.2) is 0 Å². The van der Waals surface area contributed by atoms with Crippen LogP contribution in [0.15, 0.2) is 42.5 Å². The summed E-state index contributed by atoms with van der Waals surface area (Å²) in [5, 5.41) is 28.6. The van der Waals surface area contributed by atoms with Gasteiger partial charge in [-0.05, 0) is 12.0 Å². The number of rotatable bonds is 5. The Hall–Kier alpha value is -1.20. The van der Waals surface area contributed by atoms with Gasteiger partial charge in [-0.15, -0.1) is 0 Å². The summed E-state index contributed by atoms with van der Waals surface area (Å²) in [6, 6.07) is 9.79. The molecule has 0 saturated carbocycles. The first-order chi connectivity index (χ1) is 9.22. The van der Waals surface area contributed by atoms with Gasteiger partial charge in [-0.3, -0.25) is 4.90 Å². The lowest BCUT2D eigenvalue weighted by molar-refractivity contribution is -0.0502. The van der Waals surface area contributed by atoms with E-state index in [1.807, 2.05) is 42.5 Å². The van der Waals surface area contributed by atoms with Crippen molar-refractivity contribution in [3.05, 3.63) is 48.0 Å². The van der Waals surface area contributed by atoms with Gasteiger partial charge in [-0.1, -0.05) is 42.5 Å². The van der Waals surface area contributed by atoms with Gasteiger partial charge in [0.05, 0.1) is 12.6 Å².